The van der Waals surface area contributed by atoms with E-state index in [-0.39, 0.29) is 30.8 Å². The molecule has 1 aliphatic heterocycles. The molecule has 1 aliphatic rings. The van der Waals surface area contributed by atoms with Gasteiger partial charge in [-0.1, -0.05) is 92.7 Å². The van der Waals surface area contributed by atoms with Crippen molar-refractivity contribution in [2.45, 2.75) is 70.2 Å². The van der Waals surface area contributed by atoms with E-state index in [4.69, 9.17) is 10.5 Å². The Hall–Kier alpha value is -5.27. The minimum Gasteiger partial charge on any atom is -0.490 e. The number of carbonyl (C=O) groups is 5. The maximum absolute atomic E-state index is 13.2. The molecule has 7 N–H and O–H groups in total. The van der Waals surface area contributed by atoms with E-state index >= 15 is 0 Å². The zero-order chi connectivity index (χ0) is 38.2. The number of piperidine rings is 1. The van der Waals surface area contributed by atoms with Crippen LogP contribution < -0.4 is 31.7 Å². The molecule has 284 valence electrons. The molecule has 3 aromatic carbocycles. The highest BCUT2D eigenvalue weighted by Gasteiger charge is 2.29. The lowest BCUT2D eigenvalue weighted by atomic mass is 10.0. The average Bonchev–Trinajstić information content (AvgIpc) is 3.15. The van der Waals surface area contributed by atoms with Gasteiger partial charge in [-0.25, -0.2) is 0 Å². The highest BCUT2D eigenvalue weighted by atomic mass is 16.5. The molecule has 3 aromatic rings. The summed E-state index contributed by atoms with van der Waals surface area (Å²) in [5, 5.41) is 20.0. The molecule has 0 saturated carbocycles. The number of carbonyl (C=O) groups excluding carboxylic acids is 5. The van der Waals surface area contributed by atoms with E-state index in [1.165, 1.54) is 5.56 Å². The van der Waals surface area contributed by atoms with E-state index in [1.54, 1.807) is 38.1 Å². The van der Waals surface area contributed by atoms with E-state index in [1.807, 2.05) is 42.5 Å². The van der Waals surface area contributed by atoms with Gasteiger partial charge in [0.15, 0.2) is 0 Å². The predicted molar refractivity (Wildman–Crippen MR) is 200 cm³/mol. The highest BCUT2D eigenvalue weighted by molar-refractivity contribution is 5.94. The number of primary amides is 1. The van der Waals surface area contributed by atoms with Gasteiger partial charge in [0.25, 0.3) is 0 Å². The first-order valence-corrected chi connectivity index (χ1v) is 18.1. The molecule has 0 unspecified atom stereocenters. The normalized spacial score (nSPS) is 15.1. The first-order valence-electron chi connectivity index (χ1n) is 18.1. The lowest BCUT2D eigenvalue weighted by molar-refractivity contribution is -0.134. The number of hydrogen-bond acceptors (Lipinski definition) is 8. The Morgan fingerprint density at radius 2 is 1.42 bits per heavy atom. The van der Waals surface area contributed by atoms with Crippen molar-refractivity contribution in [1.82, 2.24) is 26.2 Å². The maximum atomic E-state index is 13.2. The third kappa shape index (κ3) is 13.3. The Bertz CT molecular complexity index is 1650. The smallest absolute Gasteiger partial charge is 0.245 e. The van der Waals surface area contributed by atoms with Crippen molar-refractivity contribution < 1.29 is 33.8 Å². The highest BCUT2D eigenvalue weighted by Crippen LogP contribution is 2.25. The van der Waals surface area contributed by atoms with Crippen LogP contribution in [-0.4, -0.2) is 96.6 Å². The second-order valence-electron chi connectivity index (χ2n) is 13.6. The Morgan fingerprint density at radius 1 is 0.792 bits per heavy atom. The Morgan fingerprint density at radius 3 is 2.04 bits per heavy atom. The predicted octanol–water partition coefficient (Wildman–Crippen LogP) is 1.46. The standard InChI is InChI=1S/C40H52N6O7/c1-27(2)37(40(52)44-33(26-47)39(51)42-25-36(49)43-32(38(41)50)24-29-13-7-4-8-14-29)45-35(48)19-22-46-20-17-31(18-21-46)53-34-16-10-9-15-30(34)23-28-11-5-3-6-12-28/h3-16,27,31-33,37,47H,17-26H2,1-2H3,(H2,41,50)(H,42,51)(H,43,49)(H,44,52)(H,45,48)/t32-,33+,37+/m1/s1. The van der Waals surface area contributed by atoms with E-state index in [9.17, 15) is 29.1 Å². The van der Waals surface area contributed by atoms with Crippen LogP contribution in [0.3, 0.4) is 0 Å². The Kier molecular flexibility index (Phi) is 15.8. The van der Waals surface area contributed by atoms with Crippen molar-refractivity contribution in [3.05, 3.63) is 102 Å². The van der Waals surface area contributed by atoms with Crippen LogP contribution in [0.15, 0.2) is 84.9 Å². The molecule has 1 saturated heterocycles. The number of rotatable bonds is 19. The summed E-state index contributed by atoms with van der Waals surface area (Å²) in [4.78, 5) is 65.5. The van der Waals surface area contributed by atoms with E-state index in [2.05, 4.69) is 44.4 Å². The minimum atomic E-state index is -1.38. The van der Waals surface area contributed by atoms with E-state index in [0.29, 0.717) is 6.54 Å². The lowest BCUT2D eigenvalue weighted by Crippen LogP contribution is -2.57. The van der Waals surface area contributed by atoms with E-state index in [0.717, 1.165) is 49.2 Å². The van der Waals surface area contributed by atoms with Gasteiger partial charge in [0.1, 0.15) is 30.0 Å². The van der Waals surface area contributed by atoms with Crippen LogP contribution in [0.5, 0.6) is 5.75 Å². The average molecular weight is 729 g/mol. The molecule has 1 heterocycles. The molecule has 5 amide bonds. The van der Waals surface area contributed by atoms with Gasteiger partial charge in [0, 0.05) is 38.9 Å². The van der Waals surface area contributed by atoms with Gasteiger partial charge >= 0.3 is 0 Å². The van der Waals surface area contributed by atoms with Gasteiger partial charge in [-0.15, -0.1) is 0 Å². The molecule has 13 heteroatoms. The number of ether oxygens (including phenoxy) is 1. The number of nitrogens with zero attached hydrogens (tertiary/aromatic N) is 1. The molecule has 0 spiro atoms. The van der Waals surface area contributed by atoms with Gasteiger partial charge in [-0.05, 0) is 41.5 Å². The third-order valence-corrected chi connectivity index (χ3v) is 9.16. The molecule has 0 aliphatic carbocycles. The largest absolute Gasteiger partial charge is 0.490 e. The van der Waals surface area contributed by atoms with Crippen molar-refractivity contribution in [1.29, 1.82) is 0 Å². The van der Waals surface area contributed by atoms with Crippen molar-refractivity contribution in [3.8, 4) is 5.75 Å². The van der Waals surface area contributed by atoms with Crippen molar-refractivity contribution in [2.24, 2.45) is 11.7 Å². The van der Waals surface area contributed by atoms with Crippen molar-refractivity contribution in [3.63, 3.8) is 0 Å². The van der Waals surface area contributed by atoms with Crippen molar-refractivity contribution >= 4 is 29.5 Å². The Labute approximate surface area is 311 Å². The number of hydrogen-bond donors (Lipinski definition) is 6. The summed E-state index contributed by atoms with van der Waals surface area (Å²) < 4.78 is 6.43. The number of benzene rings is 3. The molecular formula is C40H52N6O7. The molecule has 13 nitrogen and oxygen atoms in total. The summed E-state index contributed by atoms with van der Waals surface area (Å²) in [7, 11) is 0. The summed E-state index contributed by atoms with van der Waals surface area (Å²) in [6, 6.07) is 24.1. The molecule has 1 fully saturated rings. The summed E-state index contributed by atoms with van der Waals surface area (Å²) in [6.07, 6.45) is 2.87. The van der Waals surface area contributed by atoms with Crippen molar-refractivity contribution in [2.75, 3.05) is 32.8 Å². The molecule has 0 bridgehead atoms. The third-order valence-electron chi connectivity index (χ3n) is 9.16. The molecule has 3 atom stereocenters. The summed E-state index contributed by atoms with van der Waals surface area (Å²) in [5.74, 6) is -2.60. The monoisotopic (exact) mass is 728 g/mol. The van der Waals surface area contributed by atoms with Crippen LogP contribution in [0.2, 0.25) is 0 Å². The Balaban J connectivity index is 1.18. The lowest BCUT2D eigenvalue weighted by Gasteiger charge is -2.32. The van der Waals surface area contributed by atoms with Crippen LogP contribution >= 0.6 is 0 Å². The summed E-state index contributed by atoms with van der Waals surface area (Å²) >= 11 is 0. The number of amides is 5. The molecule has 53 heavy (non-hydrogen) atoms. The van der Waals surface area contributed by atoms with Gasteiger partial charge in [-0.2, -0.15) is 0 Å². The zero-order valence-corrected chi connectivity index (χ0v) is 30.5. The number of aliphatic hydroxyl groups is 1. The number of likely N-dealkylation sites (tertiary alicyclic amines) is 1. The minimum absolute atomic E-state index is 0.0729. The van der Waals surface area contributed by atoms with Crippen LogP contribution in [0.25, 0.3) is 0 Å². The molecule has 0 radical (unpaired) electrons. The van der Waals surface area contributed by atoms with E-state index < -0.39 is 54.9 Å². The van der Waals surface area contributed by atoms with Gasteiger partial charge < -0.3 is 41.7 Å². The molecule has 4 rings (SSSR count). The first-order chi connectivity index (χ1) is 25.5. The first kappa shape index (κ1) is 40.5. The van der Waals surface area contributed by atoms with Gasteiger partial charge in [0.05, 0.1) is 13.2 Å². The fourth-order valence-electron chi connectivity index (χ4n) is 6.12. The number of nitrogens with one attached hydrogen (secondary N) is 4. The topological polar surface area (TPSA) is 192 Å². The van der Waals surface area contributed by atoms with Gasteiger partial charge in [0.2, 0.25) is 29.5 Å². The number of nitrogens with two attached hydrogens (primary N) is 1. The second-order valence-corrected chi connectivity index (χ2v) is 13.6. The molecule has 0 aromatic heterocycles. The fraction of sp³-hybridized carbons (Fsp3) is 0.425. The van der Waals surface area contributed by atoms with Crippen LogP contribution in [0, 0.1) is 5.92 Å². The SMILES string of the molecule is CC(C)[C@H](NC(=O)CCN1CCC(Oc2ccccc2Cc2ccccc2)CC1)C(=O)N[C@@H](CO)C(=O)NCC(=O)N[C@H](Cc1ccccc1)C(N)=O. The molecular weight excluding hydrogens is 676 g/mol. The summed E-state index contributed by atoms with van der Waals surface area (Å²) in [5.41, 5.74) is 8.61. The fourth-order valence-corrected chi connectivity index (χ4v) is 6.12. The zero-order valence-electron chi connectivity index (χ0n) is 30.5. The number of para-hydroxylation sites is 1. The summed E-state index contributed by atoms with van der Waals surface area (Å²) in [6.45, 7) is 4.32. The van der Waals surface area contributed by atoms with Gasteiger partial charge in [-0.3, -0.25) is 24.0 Å². The van der Waals surface area contributed by atoms with Crippen LogP contribution in [-0.2, 0) is 36.8 Å². The maximum Gasteiger partial charge on any atom is 0.245 e. The van der Waals surface area contributed by atoms with Crippen LogP contribution in [0.1, 0.15) is 49.8 Å². The van der Waals surface area contributed by atoms with Crippen LogP contribution in [0.4, 0.5) is 0 Å². The number of aliphatic hydroxyl groups excluding tert-OH is 1. The quantitative estimate of drug-likeness (QED) is 0.107. The second kappa shape index (κ2) is 20.7.